The molecule has 0 saturated carbocycles. The minimum absolute atomic E-state index is 0.0151. The molecule has 0 saturated heterocycles. The summed E-state index contributed by atoms with van der Waals surface area (Å²) in [6.45, 7) is 0. The van der Waals surface area contributed by atoms with E-state index in [2.05, 4.69) is 4.79 Å². The third-order valence-electron chi connectivity index (χ3n) is 2.37. The van der Waals surface area contributed by atoms with Crippen molar-refractivity contribution in [3.05, 3.63) is 41.0 Å². The van der Waals surface area contributed by atoms with Gasteiger partial charge >= 0.3 is 5.71 Å². The molecule has 6 heteroatoms. The number of rotatable bonds is 0. The summed E-state index contributed by atoms with van der Waals surface area (Å²) in [5.74, 6) is -0.438. The van der Waals surface area contributed by atoms with Gasteiger partial charge in [-0.05, 0) is 6.08 Å². The first-order chi connectivity index (χ1) is 7.65. The molecule has 0 spiro atoms. The normalized spacial score (nSPS) is 18.6. The van der Waals surface area contributed by atoms with Crippen LogP contribution in [0, 0.1) is 0 Å². The van der Waals surface area contributed by atoms with Gasteiger partial charge in [-0.25, -0.2) is 0 Å². The van der Waals surface area contributed by atoms with E-state index in [1.807, 2.05) is 0 Å². The van der Waals surface area contributed by atoms with Crippen molar-refractivity contribution in [1.82, 2.24) is 0 Å². The quantitative estimate of drug-likeness (QED) is 0.338. The fourth-order valence-corrected chi connectivity index (χ4v) is 2.19. The van der Waals surface area contributed by atoms with E-state index < -0.39 is 16.1 Å². The number of carbonyl (C=O) groups excluding carboxylic acids is 1. The van der Waals surface area contributed by atoms with Crippen LogP contribution in [0.1, 0.15) is 6.42 Å². The smallest absolute Gasteiger partial charge is 0.343 e. The van der Waals surface area contributed by atoms with Crippen LogP contribution in [0.4, 0.5) is 0 Å². The van der Waals surface area contributed by atoms with Crippen molar-refractivity contribution in [3.63, 3.8) is 0 Å². The zero-order valence-corrected chi connectivity index (χ0v) is 8.86. The molecule has 0 aromatic heterocycles. The van der Waals surface area contributed by atoms with E-state index in [0.29, 0.717) is 5.57 Å². The Bertz CT molecular complexity index is 648. The van der Waals surface area contributed by atoms with Gasteiger partial charge in [-0.1, -0.05) is 18.2 Å². The molecular weight excluding hydrogens is 228 g/mol. The highest BCUT2D eigenvalue weighted by Gasteiger charge is 2.32. The fourth-order valence-electron chi connectivity index (χ4n) is 1.63. The van der Waals surface area contributed by atoms with Gasteiger partial charge in [0, 0.05) is 11.1 Å². The average molecular weight is 234 g/mol. The number of Topliss-reactive ketones (excluding diaryl/α,β-unsaturated/α-hetero) is 1. The molecule has 0 aliphatic heterocycles. The standard InChI is InChI=1S/C10H6N2O3S/c11-12-8-5-4-6-7(10(8)13)2-1-3-9(6)16(14)15/h1-4H,5H2. The zero-order chi connectivity index (χ0) is 11.7. The highest BCUT2D eigenvalue weighted by molar-refractivity contribution is 7.73. The molecule has 0 aromatic carbocycles. The summed E-state index contributed by atoms with van der Waals surface area (Å²) in [4.78, 5) is 14.7. The Morgan fingerprint density at radius 2 is 2.06 bits per heavy atom. The third-order valence-corrected chi connectivity index (χ3v) is 3.09. The number of hydrogen-bond acceptors (Lipinski definition) is 3. The van der Waals surface area contributed by atoms with E-state index in [9.17, 15) is 13.2 Å². The molecule has 2 aliphatic carbocycles. The van der Waals surface area contributed by atoms with E-state index in [-0.39, 0.29) is 22.6 Å². The van der Waals surface area contributed by atoms with Gasteiger partial charge in [-0.15, -0.1) is 0 Å². The van der Waals surface area contributed by atoms with Crippen LogP contribution in [0.15, 0.2) is 35.5 Å². The van der Waals surface area contributed by atoms with Gasteiger partial charge in [0.2, 0.25) is 10.3 Å². The summed E-state index contributed by atoms with van der Waals surface area (Å²) in [5.41, 5.74) is 9.24. The maximum Gasteiger partial charge on any atom is 0.343 e. The van der Waals surface area contributed by atoms with E-state index in [1.54, 1.807) is 6.08 Å². The first-order valence-electron chi connectivity index (χ1n) is 4.46. The van der Waals surface area contributed by atoms with Gasteiger partial charge in [-0.3, -0.25) is 4.79 Å². The van der Waals surface area contributed by atoms with Gasteiger partial charge in [0.15, 0.2) is 0 Å². The molecule has 2 rings (SSSR count). The van der Waals surface area contributed by atoms with Crippen molar-refractivity contribution in [1.29, 1.82) is 0 Å². The third kappa shape index (κ3) is 1.50. The number of allylic oxidation sites excluding steroid dienone is 6. The SMILES string of the molecule is [N-]=[N+]=C1CC=C2C(=CC=CC2=S(=O)=O)C1=O. The van der Waals surface area contributed by atoms with Crippen molar-refractivity contribution in [2.45, 2.75) is 6.42 Å². The summed E-state index contributed by atoms with van der Waals surface area (Å²) >= 11 is 0. The predicted octanol–water partition coefficient (Wildman–Crippen LogP) is 0.104. The molecule has 0 radical (unpaired) electrons. The number of fused-ring (bicyclic) bond motifs is 1. The van der Waals surface area contributed by atoms with Crippen LogP contribution in [0.5, 0.6) is 0 Å². The maximum atomic E-state index is 11.7. The molecule has 2 aliphatic rings. The Morgan fingerprint density at radius 3 is 2.69 bits per heavy atom. The molecule has 0 atom stereocenters. The summed E-state index contributed by atoms with van der Waals surface area (Å²) in [6.07, 6.45) is 6.12. The van der Waals surface area contributed by atoms with Crippen molar-refractivity contribution in [3.8, 4) is 0 Å². The molecule has 0 N–H and O–H groups in total. The van der Waals surface area contributed by atoms with Gasteiger partial charge in [0.25, 0.3) is 5.78 Å². The summed E-state index contributed by atoms with van der Waals surface area (Å²) < 4.78 is 21.8. The fraction of sp³-hybridized carbons (Fsp3) is 0.100. The Balaban J connectivity index is 2.70. The molecule has 0 unspecified atom stereocenters. The first kappa shape index (κ1) is 10.5. The molecule has 0 amide bonds. The molecule has 16 heavy (non-hydrogen) atoms. The average Bonchev–Trinajstić information content (AvgIpc) is 2.29. The molecule has 0 bridgehead atoms. The van der Waals surface area contributed by atoms with E-state index >= 15 is 0 Å². The minimum Gasteiger partial charge on any atom is -0.361 e. The van der Waals surface area contributed by atoms with Crippen LogP contribution in [-0.4, -0.2) is 29.6 Å². The predicted molar refractivity (Wildman–Crippen MR) is 57.5 cm³/mol. The van der Waals surface area contributed by atoms with Gasteiger partial charge in [0.05, 0.1) is 6.42 Å². The Kier molecular flexibility index (Phi) is 2.52. The second-order valence-electron chi connectivity index (χ2n) is 3.24. The second-order valence-corrected chi connectivity index (χ2v) is 4.15. The van der Waals surface area contributed by atoms with Crippen LogP contribution in [0.25, 0.3) is 5.53 Å². The lowest BCUT2D eigenvalue weighted by Gasteiger charge is -2.14. The molecule has 0 fully saturated rings. The van der Waals surface area contributed by atoms with Crippen molar-refractivity contribution < 1.29 is 18.0 Å². The second kappa shape index (κ2) is 3.84. The number of ketones is 1. The van der Waals surface area contributed by atoms with Gasteiger partial charge < -0.3 is 5.53 Å². The summed E-state index contributed by atoms with van der Waals surface area (Å²) in [6, 6.07) is 0. The summed E-state index contributed by atoms with van der Waals surface area (Å²) in [5, 5.41) is 0. The minimum atomic E-state index is -2.38. The van der Waals surface area contributed by atoms with Crippen molar-refractivity contribution in [2.24, 2.45) is 0 Å². The highest BCUT2D eigenvalue weighted by Crippen LogP contribution is 2.23. The largest absolute Gasteiger partial charge is 0.361 e. The molecule has 80 valence electrons. The Labute approximate surface area is 92.5 Å². The molecule has 5 nitrogen and oxygen atoms in total. The van der Waals surface area contributed by atoms with E-state index in [4.69, 9.17) is 5.53 Å². The maximum absolute atomic E-state index is 11.7. The highest BCUT2D eigenvalue weighted by atomic mass is 32.2. The lowest BCUT2D eigenvalue weighted by Crippen LogP contribution is -2.26. The molecule has 0 heterocycles. The van der Waals surface area contributed by atoms with E-state index in [0.717, 1.165) is 0 Å². The first-order valence-corrected chi connectivity index (χ1v) is 5.53. The van der Waals surface area contributed by atoms with E-state index in [1.165, 1.54) is 18.2 Å². The lowest BCUT2D eigenvalue weighted by atomic mass is 9.86. The molecule has 0 aromatic rings. The Morgan fingerprint density at radius 1 is 1.31 bits per heavy atom. The van der Waals surface area contributed by atoms with Crippen LogP contribution >= 0.6 is 0 Å². The topological polar surface area (TPSA) is 87.6 Å². The molecular formula is C10H6N2O3S. The van der Waals surface area contributed by atoms with Gasteiger partial charge in [-0.2, -0.15) is 13.2 Å². The van der Waals surface area contributed by atoms with Crippen molar-refractivity contribution >= 4 is 26.7 Å². The van der Waals surface area contributed by atoms with Crippen LogP contribution < -0.4 is 0 Å². The number of hydrogen-bond donors (Lipinski definition) is 0. The lowest BCUT2D eigenvalue weighted by molar-refractivity contribution is -0.114. The van der Waals surface area contributed by atoms with Crippen LogP contribution in [0.2, 0.25) is 0 Å². The van der Waals surface area contributed by atoms with Crippen molar-refractivity contribution in [2.75, 3.05) is 0 Å². The van der Waals surface area contributed by atoms with Gasteiger partial charge in [0.1, 0.15) is 4.86 Å². The Hall–Kier alpha value is -2.04. The number of carbonyl (C=O) groups is 1. The number of nitrogens with zero attached hydrogens (tertiary/aromatic N) is 2. The summed E-state index contributed by atoms with van der Waals surface area (Å²) in [7, 11) is -2.38. The monoisotopic (exact) mass is 234 g/mol. The zero-order valence-electron chi connectivity index (χ0n) is 8.04. The van der Waals surface area contributed by atoms with Crippen LogP contribution in [-0.2, 0) is 15.1 Å². The van der Waals surface area contributed by atoms with Crippen LogP contribution in [0.3, 0.4) is 0 Å².